The van der Waals surface area contributed by atoms with Gasteiger partial charge in [0.15, 0.2) is 6.23 Å². The molecule has 1 atom stereocenters. The van der Waals surface area contributed by atoms with E-state index in [9.17, 15) is 39.6 Å². The molecule has 2 fully saturated rings. The van der Waals surface area contributed by atoms with Crippen LogP contribution in [0.2, 0.25) is 5.02 Å². The highest BCUT2D eigenvalue weighted by Gasteiger charge is 2.64. The van der Waals surface area contributed by atoms with E-state index >= 15 is 0 Å². The second-order valence-electron chi connectivity index (χ2n) is 6.41. The number of alkyl halides is 6. The third-order valence-electron chi connectivity index (χ3n) is 4.51. The molecule has 6 nitrogen and oxygen atoms in total. The van der Waals surface area contributed by atoms with Crippen molar-refractivity contribution in [1.82, 2.24) is 9.62 Å². The van der Waals surface area contributed by atoms with Gasteiger partial charge in [-0.25, -0.2) is 13.2 Å². The lowest BCUT2D eigenvalue weighted by atomic mass is 9.74. The first-order chi connectivity index (χ1) is 12.7. The Morgan fingerprint density at radius 1 is 1.21 bits per heavy atom. The van der Waals surface area contributed by atoms with Crippen LogP contribution >= 0.6 is 11.6 Å². The van der Waals surface area contributed by atoms with E-state index in [2.05, 4.69) is 10.1 Å². The van der Waals surface area contributed by atoms with E-state index in [1.165, 1.54) is 0 Å². The number of nitrogens with one attached hydrogen (secondary N) is 1. The highest BCUT2D eigenvalue weighted by atomic mass is 35.5. The van der Waals surface area contributed by atoms with Crippen molar-refractivity contribution >= 4 is 27.6 Å². The Morgan fingerprint density at radius 3 is 2.25 bits per heavy atom. The summed E-state index contributed by atoms with van der Waals surface area (Å²) in [6.07, 6.45) is -11.9. The number of halogens is 7. The van der Waals surface area contributed by atoms with Crippen molar-refractivity contribution in [1.29, 1.82) is 0 Å². The number of carbonyl (C=O) groups excluding carboxylic acids is 1. The first kappa shape index (κ1) is 21.1. The summed E-state index contributed by atoms with van der Waals surface area (Å²) in [6.45, 7) is -0.0397. The van der Waals surface area contributed by atoms with Crippen LogP contribution in [0.25, 0.3) is 0 Å². The second kappa shape index (κ2) is 6.47. The number of hydrogen-bond acceptors (Lipinski definition) is 5. The molecule has 2 heterocycles. The Bertz CT molecular complexity index is 913. The van der Waals surface area contributed by atoms with Crippen molar-refractivity contribution in [3.8, 4) is 0 Å². The fraction of sp³-hybridized carbons (Fsp3) is 0.500. The molecule has 2 saturated heterocycles. The first-order valence-electron chi connectivity index (χ1n) is 7.56. The van der Waals surface area contributed by atoms with Gasteiger partial charge >= 0.3 is 18.3 Å². The minimum Gasteiger partial charge on any atom is -0.438 e. The van der Waals surface area contributed by atoms with Crippen molar-refractivity contribution in [2.75, 3.05) is 19.6 Å². The van der Waals surface area contributed by atoms with Crippen LogP contribution in [-0.4, -0.2) is 50.7 Å². The number of nitrogens with zero attached hydrogens (tertiary/aromatic N) is 1. The summed E-state index contributed by atoms with van der Waals surface area (Å²) in [5.74, 6) is -2.56. The molecule has 1 N–H and O–H groups in total. The zero-order valence-corrected chi connectivity index (χ0v) is 15.1. The first-order valence-corrected chi connectivity index (χ1v) is 9.37. The second-order valence-corrected chi connectivity index (χ2v) is 8.71. The van der Waals surface area contributed by atoms with Crippen molar-refractivity contribution in [3.63, 3.8) is 0 Å². The number of esters is 1. The number of ether oxygens (including phenoxy) is 1. The maximum absolute atomic E-state index is 12.8. The average Bonchev–Trinajstić information content (AvgIpc) is 2.47. The maximum atomic E-state index is 12.8. The minimum atomic E-state index is -5.33. The molecule has 1 unspecified atom stereocenters. The maximum Gasteiger partial charge on any atom is 0.490 e. The average molecular weight is 453 g/mol. The van der Waals surface area contributed by atoms with Crippen LogP contribution < -0.4 is 5.32 Å². The number of hydrogen-bond donors (Lipinski definition) is 1. The molecule has 2 aliphatic heterocycles. The molecular weight excluding hydrogens is 442 g/mol. The summed E-state index contributed by atoms with van der Waals surface area (Å²) >= 11 is 5.51. The van der Waals surface area contributed by atoms with E-state index in [0.717, 1.165) is 0 Å². The predicted octanol–water partition coefficient (Wildman–Crippen LogP) is 2.38. The van der Waals surface area contributed by atoms with Gasteiger partial charge in [-0.1, -0.05) is 11.6 Å². The summed E-state index contributed by atoms with van der Waals surface area (Å²) < 4.78 is 106. The quantitative estimate of drug-likeness (QED) is 0.563. The van der Waals surface area contributed by atoms with Gasteiger partial charge in [-0.3, -0.25) is 0 Å². The molecule has 2 aliphatic rings. The summed E-state index contributed by atoms with van der Waals surface area (Å²) in [5.41, 5.74) is -2.29. The molecule has 0 aliphatic carbocycles. The largest absolute Gasteiger partial charge is 0.490 e. The summed E-state index contributed by atoms with van der Waals surface area (Å²) in [7, 11) is -4.57. The van der Waals surface area contributed by atoms with Crippen molar-refractivity contribution in [2.45, 2.75) is 23.5 Å². The minimum absolute atomic E-state index is 0.114. The summed E-state index contributed by atoms with van der Waals surface area (Å²) in [6, 6.07) is 1.63. The van der Waals surface area contributed by atoms with E-state index in [0.29, 0.717) is 22.5 Å². The van der Waals surface area contributed by atoms with Crippen LogP contribution in [0.5, 0.6) is 0 Å². The zero-order valence-electron chi connectivity index (χ0n) is 13.6. The van der Waals surface area contributed by atoms with Crippen molar-refractivity contribution in [2.24, 2.45) is 5.41 Å². The zero-order chi connectivity index (χ0) is 21.1. The number of benzene rings is 1. The van der Waals surface area contributed by atoms with Crippen LogP contribution in [0.1, 0.15) is 5.56 Å². The van der Waals surface area contributed by atoms with Crippen LogP contribution in [-0.2, 0) is 25.7 Å². The van der Waals surface area contributed by atoms with E-state index in [-0.39, 0.29) is 19.6 Å². The number of carbonyl (C=O) groups is 1. The molecule has 156 valence electrons. The molecular formula is C14H11ClF6N2O4S. The Hall–Kier alpha value is -1.57. The molecule has 0 amide bonds. The Labute approximate surface area is 159 Å². The van der Waals surface area contributed by atoms with Gasteiger partial charge < -0.3 is 10.1 Å². The fourth-order valence-corrected chi connectivity index (χ4v) is 5.06. The van der Waals surface area contributed by atoms with Crippen LogP contribution in [0.15, 0.2) is 23.1 Å². The lowest BCUT2D eigenvalue weighted by Gasteiger charge is -2.59. The monoisotopic (exact) mass is 452 g/mol. The van der Waals surface area contributed by atoms with Crippen LogP contribution in [0.3, 0.4) is 0 Å². The molecule has 14 heteroatoms. The van der Waals surface area contributed by atoms with Gasteiger partial charge in [0.05, 0.1) is 20.9 Å². The van der Waals surface area contributed by atoms with Gasteiger partial charge in [-0.15, -0.1) is 0 Å². The Balaban J connectivity index is 1.90. The van der Waals surface area contributed by atoms with Gasteiger partial charge in [0.25, 0.3) is 0 Å². The van der Waals surface area contributed by atoms with Gasteiger partial charge in [-0.05, 0) is 18.2 Å². The summed E-state index contributed by atoms with van der Waals surface area (Å²) in [5, 5.41) is 1.86. The molecule has 0 saturated carbocycles. The van der Waals surface area contributed by atoms with E-state index in [4.69, 9.17) is 11.6 Å². The van der Waals surface area contributed by atoms with E-state index in [1.54, 1.807) is 0 Å². The predicted molar refractivity (Wildman–Crippen MR) is 81.6 cm³/mol. The molecule has 1 spiro atoms. The highest BCUT2D eigenvalue weighted by Crippen LogP contribution is 2.46. The van der Waals surface area contributed by atoms with Gasteiger partial charge in [0.2, 0.25) is 10.0 Å². The standard InChI is InChI=1S/C14H11ClF6N2O4S/c15-9-3-7(1-2-8(9)13(16,17)18)28(25,26)23-6-12(4-22-5-12)10(23)27-11(24)14(19,20)21/h1-3,10,22H,4-6H2. The van der Waals surface area contributed by atoms with Crippen molar-refractivity contribution in [3.05, 3.63) is 28.8 Å². The molecule has 28 heavy (non-hydrogen) atoms. The Kier molecular flexibility index (Phi) is 4.89. The molecule has 1 aromatic carbocycles. The molecule has 3 rings (SSSR count). The topological polar surface area (TPSA) is 75.7 Å². The molecule has 0 bridgehead atoms. The van der Waals surface area contributed by atoms with Gasteiger partial charge in [0.1, 0.15) is 0 Å². The normalized spacial score (nSPS) is 22.5. The lowest BCUT2D eigenvalue weighted by Crippen LogP contribution is -2.78. The third-order valence-corrected chi connectivity index (χ3v) is 6.61. The summed E-state index contributed by atoms with van der Waals surface area (Å²) in [4.78, 5) is 10.5. The number of rotatable bonds is 3. The van der Waals surface area contributed by atoms with Gasteiger partial charge in [-0.2, -0.15) is 30.6 Å². The SMILES string of the molecule is O=C(OC1N(S(=O)(=O)c2ccc(C(F)(F)F)c(Cl)c2)CC12CNC2)C(F)(F)F. The Morgan fingerprint density at radius 2 is 1.82 bits per heavy atom. The third kappa shape index (κ3) is 3.44. The molecule has 1 aromatic rings. The fourth-order valence-electron chi connectivity index (χ4n) is 2.98. The van der Waals surface area contributed by atoms with Gasteiger partial charge in [0, 0.05) is 19.6 Å². The lowest BCUT2D eigenvalue weighted by molar-refractivity contribution is -0.243. The van der Waals surface area contributed by atoms with Crippen LogP contribution in [0.4, 0.5) is 26.3 Å². The molecule has 0 radical (unpaired) electrons. The van der Waals surface area contributed by atoms with E-state index in [1.807, 2.05) is 0 Å². The number of sulfonamides is 1. The highest BCUT2D eigenvalue weighted by molar-refractivity contribution is 7.89. The molecule has 0 aromatic heterocycles. The van der Waals surface area contributed by atoms with Crippen molar-refractivity contribution < 1.29 is 44.3 Å². The smallest absolute Gasteiger partial charge is 0.438 e. The van der Waals surface area contributed by atoms with E-state index < -0.39 is 55.5 Å². The van der Waals surface area contributed by atoms with Crippen LogP contribution in [0, 0.1) is 5.41 Å².